The fourth-order valence-electron chi connectivity index (χ4n) is 2.94. The van der Waals surface area contributed by atoms with Gasteiger partial charge in [0.15, 0.2) is 0 Å². The maximum absolute atomic E-state index is 13.1. The predicted molar refractivity (Wildman–Crippen MR) is 107 cm³/mol. The number of rotatable bonds is 4. The Bertz CT molecular complexity index is 1220. The van der Waals surface area contributed by atoms with Gasteiger partial charge in [-0.2, -0.15) is 0 Å². The summed E-state index contributed by atoms with van der Waals surface area (Å²) in [6.07, 6.45) is 0. The van der Waals surface area contributed by atoms with Crippen molar-refractivity contribution in [1.29, 1.82) is 0 Å². The van der Waals surface area contributed by atoms with Gasteiger partial charge >= 0.3 is 5.97 Å². The van der Waals surface area contributed by atoms with E-state index in [0.717, 1.165) is 11.1 Å². The second-order valence-corrected chi connectivity index (χ2v) is 6.35. The van der Waals surface area contributed by atoms with Crippen LogP contribution in [0.25, 0.3) is 22.4 Å². The Kier molecular flexibility index (Phi) is 4.78. The molecule has 0 atom stereocenters. The van der Waals surface area contributed by atoms with Crippen LogP contribution in [0.2, 0.25) is 0 Å². The highest BCUT2D eigenvalue weighted by atomic mass is 19.1. The molecule has 0 spiro atoms. The molecular weight excluding hydrogens is 373 g/mol. The van der Waals surface area contributed by atoms with Crippen LogP contribution in [0.3, 0.4) is 0 Å². The number of ether oxygens (including phenoxy) is 1. The number of esters is 1. The predicted octanol–water partition coefficient (Wildman–Crippen LogP) is 4.41. The molecule has 0 bridgehead atoms. The average molecular weight is 389 g/mol. The number of anilines is 1. The van der Waals surface area contributed by atoms with Crippen LogP contribution < -0.4 is 5.32 Å². The van der Waals surface area contributed by atoms with Crippen LogP contribution in [0, 0.1) is 5.82 Å². The van der Waals surface area contributed by atoms with Crippen molar-refractivity contribution in [1.82, 2.24) is 9.97 Å². The number of aromatic nitrogens is 2. The number of methoxy groups -OCH3 is 1. The number of hydrogen-bond acceptors (Lipinski definition) is 4. The summed E-state index contributed by atoms with van der Waals surface area (Å²) in [4.78, 5) is 31.9. The zero-order chi connectivity index (χ0) is 20.4. The Labute approximate surface area is 165 Å². The Balaban J connectivity index is 1.57. The Morgan fingerprint density at radius 1 is 1.00 bits per heavy atom. The minimum absolute atomic E-state index is 0.298. The van der Waals surface area contributed by atoms with Crippen LogP contribution in [0.15, 0.2) is 66.7 Å². The van der Waals surface area contributed by atoms with E-state index in [1.165, 1.54) is 25.3 Å². The van der Waals surface area contributed by atoms with E-state index in [-0.39, 0.29) is 11.7 Å². The van der Waals surface area contributed by atoms with Gasteiger partial charge in [0.05, 0.1) is 23.7 Å². The number of H-pyrrole nitrogens is 1. The SMILES string of the molecule is COC(=O)c1cccc(C(=O)Nc2ccc3[nH]c(-c4ccc(F)cc4)nc3c2)c1. The summed E-state index contributed by atoms with van der Waals surface area (Å²) in [6, 6.07) is 17.6. The normalized spacial score (nSPS) is 10.7. The summed E-state index contributed by atoms with van der Waals surface area (Å²) in [7, 11) is 1.29. The van der Waals surface area contributed by atoms with Crippen LogP contribution in [-0.2, 0) is 4.74 Å². The Morgan fingerprint density at radius 3 is 2.52 bits per heavy atom. The van der Waals surface area contributed by atoms with Crippen LogP contribution >= 0.6 is 0 Å². The first-order chi connectivity index (χ1) is 14.0. The molecule has 0 unspecified atom stereocenters. The van der Waals surface area contributed by atoms with Gasteiger partial charge in [0.1, 0.15) is 11.6 Å². The number of benzene rings is 3. The number of fused-ring (bicyclic) bond motifs is 1. The highest BCUT2D eigenvalue weighted by Crippen LogP contribution is 2.23. The van der Waals surface area contributed by atoms with Crippen molar-refractivity contribution < 1.29 is 18.7 Å². The number of aromatic amines is 1. The first-order valence-corrected chi connectivity index (χ1v) is 8.79. The number of hydrogen-bond donors (Lipinski definition) is 2. The van der Waals surface area contributed by atoms with E-state index in [2.05, 4.69) is 20.0 Å². The average Bonchev–Trinajstić information content (AvgIpc) is 3.17. The second kappa shape index (κ2) is 7.55. The molecule has 6 nitrogen and oxygen atoms in total. The number of imidazole rings is 1. The summed E-state index contributed by atoms with van der Waals surface area (Å²) in [5.41, 5.74) is 3.39. The molecule has 4 rings (SSSR count). The zero-order valence-corrected chi connectivity index (χ0v) is 15.4. The molecule has 0 aliphatic rings. The lowest BCUT2D eigenvalue weighted by Gasteiger charge is -2.06. The molecule has 2 N–H and O–H groups in total. The fraction of sp³-hybridized carbons (Fsp3) is 0.0455. The lowest BCUT2D eigenvalue weighted by atomic mass is 10.1. The van der Waals surface area contributed by atoms with E-state index >= 15 is 0 Å². The van der Waals surface area contributed by atoms with Crippen molar-refractivity contribution in [2.24, 2.45) is 0 Å². The minimum Gasteiger partial charge on any atom is -0.465 e. The van der Waals surface area contributed by atoms with E-state index in [1.807, 2.05) is 0 Å². The first kappa shape index (κ1) is 18.4. The highest BCUT2D eigenvalue weighted by molar-refractivity contribution is 6.06. The van der Waals surface area contributed by atoms with Gasteiger partial charge in [0, 0.05) is 16.8 Å². The van der Waals surface area contributed by atoms with Crippen LogP contribution in [0.1, 0.15) is 20.7 Å². The van der Waals surface area contributed by atoms with Crippen molar-refractivity contribution >= 4 is 28.6 Å². The van der Waals surface area contributed by atoms with Crippen molar-refractivity contribution in [3.63, 3.8) is 0 Å². The van der Waals surface area contributed by atoms with Crippen molar-refractivity contribution in [2.45, 2.75) is 0 Å². The van der Waals surface area contributed by atoms with Crippen molar-refractivity contribution in [3.8, 4) is 11.4 Å². The van der Waals surface area contributed by atoms with Gasteiger partial charge in [0.25, 0.3) is 5.91 Å². The van der Waals surface area contributed by atoms with Gasteiger partial charge in [-0.3, -0.25) is 4.79 Å². The third kappa shape index (κ3) is 3.84. The number of halogens is 1. The molecule has 0 saturated heterocycles. The zero-order valence-electron chi connectivity index (χ0n) is 15.4. The lowest BCUT2D eigenvalue weighted by molar-refractivity contribution is 0.0600. The second-order valence-electron chi connectivity index (χ2n) is 6.35. The molecule has 7 heteroatoms. The van der Waals surface area contributed by atoms with Gasteiger partial charge in [-0.15, -0.1) is 0 Å². The summed E-state index contributed by atoms with van der Waals surface area (Å²) in [5, 5.41) is 2.80. The number of nitrogens with one attached hydrogen (secondary N) is 2. The summed E-state index contributed by atoms with van der Waals surface area (Å²) in [6.45, 7) is 0. The monoisotopic (exact) mass is 389 g/mol. The molecular formula is C22H16FN3O3. The minimum atomic E-state index is -0.508. The summed E-state index contributed by atoms with van der Waals surface area (Å²) in [5.74, 6) is -0.573. The quantitative estimate of drug-likeness (QED) is 0.507. The largest absolute Gasteiger partial charge is 0.465 e. The van der Waals surface area contributed by atoms with Gasteiger partial charge < -0.3 is 15.0 Å². The molecule has 0 radical (unpaired) electrons. The lowest BCUT2D eigenvalue weighted by Crippen LogP contribution is -2.13. The summed E-state index contributed by atoms with van der Waals surface area (Å²) >= 11 is 0. The highest BCUT2D eigenvalue weighted by Gasteiger charge is 2.12. The molecule has 29 heavy (non-hydrogen) atoms. The third-order valence-corrected chi connectivity index (χ3v) is 4.40. The molecule has 0 aliphatic heterocycles. The standard InChI is InChI=1S/C22H16FN3O3/c1-29-22(28)15-4-2-3-14(11-15)21(27)24-17-9-10-18-19(12-17)26-20(25-18)13-5-7-16(23)8-6-13/h2-12H,1H3,(H,24,27)(H,25,26). The number of nitrogens with zero attached hydrogens (tertiary/aromatic N) is 1. The topological polar surface area (TPSA) is 84.1 Å². The molecule has 0 fully saturated rings. The third-order valence-electron chi connectivity index (χ3n) is 4.40. The molecule has 4 aromatic rings. The fourth-order valence-corrected chi connectivity index (χ4v) is 2.94. The molecule has 0 saturated carbocycles. The summed E-state index contributed by atoms with van der Waals surface area (Å²) < 4.78 is 17.8. The Morgan fingerprint density at radius 2 is 1.76 bits per heavy atom. The molecule has 1 heterocycles. The molecule has 144 valence electrons. The number of carbonyl (C=O) groups excluding carboxylic acids is 2. The van der Waals surface area contributed by atoms with E-state index in [0.29, 0.717) is 28.2 Å². The van der Waals surface area contributed by atoms with Gasteiger partial charge in [-0.05, 0) is 60.7 Å². The number of amides is 1. The van der Waals surface area contributed by atoms with Crippen LogP contribution in [0.5, 0.6) is 0 Å². The van der Waals surface area contributed by atoms with Gasteiger partial charge in [-0.25, -0.2) is 14.2 Å². The maximum atomic E-state index is 13.1. The molecule has 0 aliphatic carbocycles. The van der Waals surface area contributed by atoms with E-state index < -0.39 is 5.97 Å². The molecule has 1 aromatic heterocycles. The smallest absolute Gasteiger partial charge is 0.337 e. The first-order valence-electron chi connectivity index (χ1n) is 8.79. The maximum Gasteiger partial charge on any atom is 0.337 e. The van der Waals surface area contributed by atoms with Crippen LogP contribution in [0.4, 0.5) is 10.1 Å². The Hall–Kier alpha value is -4.00. The molecule has 1 amide bonds. The van der Waals surface area contributed by atoms with E-state index in [4.69, 9.17) is 0 Å². The van der Waals surface area contributed by atoms with Gasteiger partial charge in [-0.1, -0.05) is 6.07 Å². The molecule has 3 aromatic carbocycles. The number of carbonyl (C=O) groups is 2. The van der Waals surface area contributed by atoms with E-state index in [1.54, 1.807) is 48.5 Å². The van der Waals surface area contributed by atoms with Gasteiger partial charge in [0.2, 0.25) is 0 Å². The van der Waals surface area contributed by atoms with E-state index in [9.17, 15) is 14.0 Å². The van der Waals surface area contributed by atoms with Crippen LogP contribution in [-0.4, -0.2) is 29.0 Å². The van der Waals surface area contributed by atoms with Crippen molar-refractivity contribution in [3.05, 3.63) is 83.7 Å². The van der Waals surface area contributed by atoms with Crippen molar-refractivity contribution in [2.75, 3.05) is 12.4 Å².